The molecule has 0 bridgehead atoms. The van der Waals surface area contributed by atoms with Gasteiger partial charge in [-0.3, -0.25) is 4.79 Å². The monoisotopic (exact) mass is 273 g/mol. The highest BCUT2D eigenvalue weighted by molar-refractivity contribution is 7.07. The third kappa shape index (κ3) is 2.16. The predicted molar refractivity (Wildman–Crippen MR) is 79.0 cm³/mol. The van der Waals surface area contributed by atoms with E-state index in [1.165, 1.54) is 11.3 Å². The number of nitrogens with zero attached hydrogens (tertiary/aromatic N) is 1. The standard InChI is InChI=1S/C16H19NOS/c1-11(12-5-7-19-10-12)17-6-4-13-14(17)8-16(2,3)9-15(13)18/h4-7,10-11H,8-9H2,1-3H3. The summed E-state index contributed by atoms with van der Waals surface area (Å²) in [7, 11) is 0. The second-order valence-electron chi connectivity index (χ2n) is 6.26. The number of ketones is 1. The zero-order valence-corrected chi connectivity index (χ0v) is 12.5. The maximum absolute atomic E-state index is 12.2. The normalized spacial score (nSPS) is 19.2. The molecule has 1 unspecified atom stereocenters. The SMILES string of the molecule is CC(c1ccsc1)n1ccc2c1CC(C)(C)CC2=O. The number of carbonyl (C=O) groups excluding carboxylic acids is 1. The molecule has 100 valence electrons. The van der Waals surface area contributed by atoms with Crippen LogP contribution in [0.1, 0.15) is 54.8 Å². The molecule has 3 heteroatoms. The molecule has 0 fully saturated rings. The molecule has 19 heavy (non-hydrogen) atoms. The summed E-state index contributed by atoms with van der Waals surface area (Å²) in [5.74, 6) is 0.294. The third-order valence-electron chi connectivity index (χ3n) is 4.05. The smallest absolute Gasteiger partial charge is 0.165 e. The highest BCUT2D eigenvalue weighted by Gasteiger charge is 2.33. The van der Waals surface area contributed by atoms with E-state index in [9.17, 15) is 4.79 Å². The van der Waals surface area contributed by atoms with E-state index in [-0.39, 0.29) is 5.41 Å². The van der Waals surface area contributed by atoms with E-state index in [1.807, 2.05) is 6.07 Å². The van der Waals surface area contributed by atoms with Gasteiger partial charge in [-0.1, -0.05) is 13.8 Å². The van der Waals surface area contributed by atoms with Gasteiger partial charge in [0.25, 0.3) is 0 Å². The first-order chi connectivity index (χ1) is 8.98. The van der Waals surface area contributed by atoms with Crippen LogP contribution in [0.5, 0.6) is 0 Å². The lowest BCUT2D eigenvalue weighted by molar-refractivity contribution is 0.0909. The van der Waals surface area contributed by atoms with E-state index in [0.29, 0.717) is 18.2 Å². The highest BCUT2D eigenvalue weighted by atomic mass is 32.1. The molecule has 0 saturated heterocycles. The summed E-state index contributed by atoms with van der Waals surface area (Å²) in [5.41, 5.74) is 3.54. The Morgan fingerprint density at radius 3 is 2.79 bits per heavy atom. The van der Waals surface area contributed by atoms with E-state index in [4.69, 9.17) is 0 Å². The highest BCUT2D eigenvalue weighted by Crippen LogP contribution is 2.37. The minimum Gasteiger partial charge on any atom is -0.344 e. The molecular weight excluding hydrogens is 254 g/mol. The summed E-state index contributed by atoms with van der Waals surface area (Å²) in [4.78, 5) is 12.2. The van der Waals surface area contributed by atoms with Gasteiger partial charge in [-0.25, -0.2) is 0 Å². The topological polar surface area (TPSA) is 22.0 Å². The van der Waals surface area contributed by atoms with E-state index >= 15 is 0 Å². The number of Topliss-reactive ketones (excluding diaryl/α,β-unsaturated/α-hetero) is 1. The number of aromatic nitrogens is 1. The van der Waals surface area contributed by atoms with Gasteiger partial charge in [0.05, 0.1) is 6.04 Å². The maximum atomic E-state index is 12.2. The average molecular weight is 273 g/mol. The van der Waals surface area contributed by atoms with Crippen molar-refractivity contribution >= 4 is 17.1 Å². The number of carbonyl (C=O) groups is 1. The van der Waals surface area contributed by atoms with Gasteiger partial charge < -0.3 is 4.57 Å². The van der Waals surface area contributed by atoms with Crippen molar-refractivity contribution in [3.63, 3.8) is 0 Å². The van der Waals surface area contributed by atoms with Crippen LogP contribution >= 0.6 is 11.3 Å². The molecule has 0 spiro atoms. The van der Waals surface area contributed by atoms with Crippen molar-refractivity contribution in [2.75, 3.05) is 0 Å². The summed E-state index contributed by atoms with van der Waals surface area (Å²) in [6.45, 7) is 6.56. The zero-order valence-electron chi connectivity index (χ0n) is 11.6. The van der Waals surface area contributed by atoms with Gasteiger partial charge in [0.15, 0.2) is 5.78 Å². The van der Waals surface area contributed by atoms with Crippen molar-refractivity contribution in [2.24, 2.45) is 5.41 Å². The quantitative estimate of drug-likeness (QED) is 0.799. The van der Waals surface area contributed by atoms with Crippen LogP contribution in [-0.4, -0.2) is 10.4 Å². The molecule has 2 aromatic rings. The molecule has 1 aliphatic rings. The van der Waals surface area contributed by atoms with E-state index in [0.717, 1.165) is 12.0 Å². The van der Waals surface area contributed by atoms with Crippen molar-refractivity contribution < 1.29 is 4.79 Å². The van der Waals surface area contributed by atoms with Gasteiger partial charge in [0.2, 0.25) is 0 Å². The maximum Gasteiger partial charge on any atom is 0.165 e. The second kappa shape index (κ2) is 4.34. The molecule has 2 nitrogen and oxygen atoms in total. The minimum atomic E-state index is 0.0779. The Labute approximate surface area is 118 Å². The molecule has 0 aliphatic heterocycles. The Balaban J connectivity index is 2.04. The predicted octanol–water partition coefficient (Wildman–Crippen LogP) is 4.31. The summed E-state index contributed by atoms with van der Waals surface area (Å²) < 4.78 is 2.27. The molecule has 0 amide bonds. The van der Waals surface area contributed by atoms with Gasteiger partial charge >= 0.3 is 0 Å². The largest absolute Gasteiger partial charge is 0.344 e. The number of rotatable bonds is 2. The van der Waals surface area contributed by atoms with Crippen molar-refractivity contribution in [1.29, 1.82) is 0 Å². The summed E-state index contributed by atoms with van der Waals surface area (Å²) >= 11 is 1.72. The molecular formula is C16H19NOS. The molecule has 1 atom stereocenters. The lowest BCUT2D eigenvalue weighted by atomic mass is 9.76. The van der Waals surface area contributed by atoms with E-state index in [2.05, 4.69) is 48.4 Å². The van der Waals surface area contributed by atoms with Crippen molar-refractivity contribution in [3.8, 4) is 0 Å². The van der Waals surface area contributed by atoms with Crippen LogP contribution in [0, 0.1) is 5.41 Å². The van der Waals surface area contributed by atoms with Gasteiger partial charge in [-0.2, -0.15) is 11.3 Å². The van der Waals surface area contributed by atoms with Gasteiger partial charge in [-0.15, -0.1) is 0 Å². The number of hydrogen-bond acceptors (Lipinski definition) is 2. The van der Waals surface area contributed by atoms with Crippen molar-refractivity contribution in [3.05, 3.63) is 45.9 Å². The molecule has 2 heterocycles. The van der Waals surface area contributed by atoms with Gasteiger partial charge in [-0.05, 0) is 47.2 Å². The number of hydrogen-bond donors (Lipinski definition) is 0. The first-order valence-corrected chi connectivity index (χ1v) is 7.67. The summed E-state index contributed by atoms with van der Waals surface area (Å²) in [6, 6.07) is 4.46. The molecule has 2 aromatic heterocycles. The molecule has 0 N–H and O–H groups in total. The first-order valence-electron chi connectivity index (χ1n) is 6.73. The lowest BCUT2D eigenvalue weighted by Crippen LogP contribution is -2.28. The van der Waals surface area contributed by atoms with Gasteiger partial charge in [0, 0.05) is 23.9 Å². The Kier molecular flexibility index (Phi) is 2.90. The molecule has 3 rings (SSSR count). The fourth-order valence-electron chi connectivity index (χ4n) is 3.00. The number of thiophene rings is 1. The minimum absolute atomic E-state index is 0.0779. The van der Waals surface area contributed by atoms with Crippen molar-refractivity contribution in [1.82, 2.24) is 4.57 Å². The summed E-state index contributed by atoms with van der Waals surface area (Å²) in [5, 5.41) is 4.30. The Morgan fingerprint density at radius 2 is 2.11 bits per heavy atom. The van der Waals surface area contributed by atoms with Crippen LogP contribution < -0.4 is 0 Å². The molecule has 1 aliphatic carbocycles. The van der Waals surface area contributed by atoms with E-state index in [1.54, 1.807) is 11.3 Å². The van der Waals surface area contributed by atoms with Gasteiger partial charge in [0.1, 0.15) is 0 Å². The fraction of sp³-hybridized carbons (Fsp3) is 0.438. The average Bonchev–Trinajstić information content (AvgIpc) is 2.94. The van der Waals surface area contributed by atoms with Crippen molar-refractivity contribution in [2.45, 2.75) is 39.7 Å². The third-order valence-corrected chi connectivity index (χ3v) is 4.75. The zero-order chi connectivity index (χ0) is 13.6. The van der Waals surface area contributed by atoms with Crippen LogP contribution in [0.2, 0.25) is 0 Å². The molecule has 0 aromatic carbocycles. The Hall–Kier alpha value is -1.35. The first kappa shape index (κ1) is 12.7. The van der Waals surface area contributed by atoms with Crippen LogP contribution in [0.15, 0.2) is 29.1 Å². The number of fused-ring (bicyclic) bond motifs is 1. The summed E-state index contributed by atoms with van der Waals surface area (Å²) in [6.07, 6.45) is 3.72. The fourth-order valence-corrected chi connectivity index (χ4v) is 3.75. The van der Waals surface area contributed by atoms with E-state index < -0.39 is 0 Å². The lowest BCUT2D eigenvalue weighted by Gasteiger charge is -2.31. The van der Waals surface area contributed by atoms with Crippen LogP contribution in [0.3, 0.4) is 0 Å². The Morgan fingerprint density at radius 1 is 1.32 bits per heavy atom. The second-order valence-corrected chi connectivity index (χ2v) is 7.04. The molecule has 0 saturated carbocycles. The van der Waals surface area contributed by atoms with Crippen LogP contribution in [0.4, 0.5) is 0 Å². The molecule has 0 radical (unpaired) electrons. The van der Waals surface area contributed by atoms with Crippen LogP contribution in [-0.2, 0) is 6.42 Å². The Bertz CT molecular complexity index is 607. The van der Waals surface area contributed by atoms with Crippen LogP contribution in [0.25, 0.3) is 0 Å².